The number of rotatable bonds is 6. The van der Waals surface area contributed by atoms with Crippen molar-refractivity contribution < 1.29 is 5.11 Å². The second-order valence-electron chi connectivity index (χ2n) is 11.5. The third-order valence-corrected chi connectivity index (χ3v) is 8.82. The third kappa shape index (κ3) is 8.41. The minimum Gasteiger partial charge on any atom is -0.398 e. The van der Waals surface area contributed by atoms with Crippen LogP contribution in [0.5, 0.6) is 0 Å². The number of aliphatic hydroxyl groups is 1. The number of benzene rings is 4. The van der Waals surface area contributed by atoms with Crippen LogP contribution in [0.2, 0.25) is 10.0 Å². The molecule has 0 saturated carbocycles. The summed E-state index contributed by atoms with van der Waals surface area (Å²) in [5, 5.41) is 12.3. The van der Waals surface area contributed by atoms with E-state index in [-0.39, 0.29) is 0 Å². The van der Waals surface area contributed by atoms with Crippen molar-refractivity contribution in [3.8, 4) is 0 Å². The Morgan fingerprint density at radius 2 is 1.23 bits per heavy atom. The molecule has 0 amide bonds. The molecule has 2 heterocycles. The van der Waals surface area contributed by atoms with Crippen molar-refractivity contribution in [2.45, 2.75) is 38.0 Å². The number of nitrogens with two attached hydrogens (primary N) is 2. The molecule has 0 bridgehead atoms. The lowest BCUT2D eigenvalue weighted by molar-refractivity contribution is -0.0271. The fourth-order valence-electron chi connectivity index (χ4n) is 5.87. The molecule has 0 aliphatic carbocycles. The summed E-state index contributed by atoms with van der Waals surface area (Å²) in [5.41, 5.74) is 18.5. The van der Waals surface area contributed by atoms with Gasteiger partial charge in [0.25, 0.3) is 0 Å². The predicted octanol–water partition coefficient (Wildman–Crippen LogP) is 7.62. The second-order valence-corrected chi connectivity index (χ2v) is 12.3. The minimum atomic E-state index is -0.873. The molecule has 0 radical (unpaired) electrons. The Balaban J connectivity index is 0.000000171. The summed E-state index contributed by atoms with van der Waals surface area (Å²) in [4.78, 5) is 4.81. The van der Waals surface area contributed by atoms with Crippen molar-refractivity contribution in [3.63, 3.8) is 0 Å². The highest BCUT2D eigenvalue weighted by molar-refractivity contribution is 6.31. The molecule has 0 unspecified atom stereocenters. The smallest absolute Gasteiger partial charge is 0.0941 e. The Morgan fingerprint density at radius 1 is 0.674 bits per heavy atom. The first-order valence-electron chi connectivity index (χ1n) is 14.8. The van der Waals surface area contributed by atoms with Gasteiger partial charge in [-0.25, -0.2) is 0 Å². The molecule has 43 heavy (non-hydrogen) atoms. The normalized spacial score (nSPS) is 17.0. The number of halogens is 2. The highest BCUT2D eigenvalue weighted by atomic mass is 35.5. The van der Waals surface area contributed by atoms with Gasteiger partial charge in [0.15, 0.2) is 0 Å². The van der Waals surface area contributed by atoms with Gasteiger partial charge in [0, 0.05) is 71.8 Å². The van der Waals surface area contributed by atoms with E-state index < -0.39 is 5.60 Å². The van der Waals surface area contributed by atoms with Crippen LogP contribution in [0.4, 0.5) is 11.4 Å². The summed E-state index contributed by atoms with van der Waals surface area (Å²) in [6.45, 7) is 5.61. The first-order valence-corrected chi connectivity index (χ1v) is 15.6. The van der Waals surface area contributed by atoms with Crippen molar-refractivity contribution in [3.05, 3.63) is 135 Å². The molecule has 4 aromatic carbocycles. The monoisotopic (exact) mass is 614 g/mol. The van der Waals surface area contributed by atoms with Crippen LogP contribution in [0, 0.1) is 0 Å². The molecule has 0 atom stereocenters. The number of nitrogen functional groups attached to an aromatic ring is 2. The number of likely N-dealkylation sites (tertiary alicyclic amines) is 1. The summed E-state index contributed by atoms with van der Waals surface area (Å²) in [6, 6.07) is 32.0. The van der Waals surface area contributed by atoms with Gasteiger partial charge in [-0.2, -0.15) is 0 Å². The molecule has 1 saturated heterocycles. The first kappa shape index (κ1) is 31.1. The van der Waals surface area contributed by atoms with Crippen LogP contribution < -0.4 is 11.5 Å². The molecule has 7 heteroatoms. The van der Waals surface area contributed by atoms with E-state index in [0.29, 0.717) is 23.6 Å². The Hall–Kier alpha value is -3.32. The van der Waals surface area contributed by atoms with E-state index in [1.165, 1.54) is 16.7 Å². The minimum absolute atomic E-state index is 0.614. The zero-order valence-electron chi connectivity index (χ0n) is 24.4. The molecule has 6 rings (SSSR count). The van der Waals surface area contributed by atoms with Gasteiger partial charge in [-0.05, 0) is 72.4 Å². The van der Waals surface area contributed by atoms with Gasteiger partial charge in [0.2, 0.25) is 0 Å². The van der Waals surface area contributed by atoms with Gasteiger partial charge in [-0.1, -0.05) is 89.9 Å². The van der Waals surface area contributed by atoms with E-state index in [0.717, 1.165) is 67.5 Å². The summed E-state index contributed by atoms with van der Waals surface area (Å²) in [6.07, 6.45) is 4.63. The van der Waals surface area contributed by atoms with E-state index in [9.17, 15) is 5.11 Å². The third-order valence-electron chi connectivity index (χ3n) is 8.35. The Labute approximate surface area is 265 Å². The molecular formula is C36H40Cl2N4O. The SMILES string of the molecule is Nc1ccc(Cl)cc1C1(O)CCN(Cc2ccccc2)CC1.Nc1ccc(Cl)cc1C1=CCN(Cc2ccccc2)CC1. The number of hydrogen-bond donors (Lipinski definition) is 3. The van der Waals surface area contributed by atoms with Crippen molar-refractivity contribution in [2.75, 3.05) is 37.6 Å². The van der Waals surface area contributed by atoms with Crippen molar-refractivity contribution in [2.24, 2.45) is 0 Å². The van der Waals surface area contributed by atoms with E-state index in [1.54, 1.807) is 18.2 Å². The molecule has 0 spiro atoms. The quantitative estimate of drug-likeness (QED) is 0.195. The summed E-state index contributed by atoms with van der Waals surface area (Å²) < 4.78 is 0. The molecule has 5 nitrogen and oxygen atoms in total. The summed E-state index contributed by atoms with van der Waals surface area (Å²) in [7, 11) is 0. The van der Waals surface area contributed by atoms with Crippen LogP contribution in [0.1, 0.15) is 41.5 Å². The van der Waals surface area contributed by atoms with E-state index in [1.807, 2.05) is 24.3 Å². The van der Waals surface area contributed by atoms with Crippen LogP contribution in [-0.2, 0) is 18.7 Å². The molecule has 0 aromatic heterocycles. The molecule has 2 aliphatic rings. The van der Waals surface area contributed by atoms with Gasteiger partial charge < -0.3 is 16.6 Å². The van der Waals surface area contributed by atoms with Crippen LogP contribution in [0.15, 0.2) is 103 Å². The molecular weight excluding hydrogens is 575 g/mol. The van der Waals surface area contributed by atoms with Gasteiger partial charge in [0.05, 0.1) is 5.60 Å². The van der Waals surface area contributed by atoms with Crippen LogP contribution in [0.25, 0.3) is 5.57 Å². The zero-order chi connectivity index (χ0) is 30.2. The molecule has 4 aromatic rings. The average molecular weight is 616 g/mol. The zero-order valence-corrected chi connectivity index (χ0v) is 25.9. The topological polar surface area (TPSA) is 78.8 Å². The number of piperidine rings is 1. The van der Waals surface area contributed by atoms with E-state index in [2.05, 4.69) is 70.5 Å². The largest absolute Gasteiger partial charge is 0.398 e. The first-order chi connectivity index (χ1) is 20.8. The lowest BCUT2D eigenvalue weighted by Crippen LogP contribution is -2.42. The maximum atomic E-state index is 11.0. The van der Waals surface area contributed by atoms with Crippen LogP contribution >= 0.6 is 23.2 Å². The average Bonchev–Trinajstić information content (AvgIpc) is 3.03. The summed E-state index contributed by atoms with van der Waals surface area (Å²) in [5.74, 6) is 0. The van der Waals surface area contributed by atoms with E-state index >= 15 is 0 Å². The van der Waals surface area contributed by atoms with Crippen molar-refractivity contribution in [1.82, 2.24) is 9.80 Å². The van der Waals surface area contributed by atoms with Gasteiger partial charge in [-0.15, -0.1) is 0 Å². The lowest BCUT2D eigenvalue weighted by Gasteiger charge is -2.39. The number of nitrogens with zero attached hydrogens (tertiary/aromatic N) is 2. The Kier molecular flexibility index (Phi) is 10.4. The summed E-state index contributed by atoms with van der Waals surface area (Å²) >= 11 is 12.1. The number of hydrogen-bond acceptors (Lipinski definition) is 5. The van der Waals surface area contributed by atoms with Gasteiger partial charge in [0.1, 0.15) is 0 Å². The lowest BCUT2D eigenvalue weighted by atomic mass is 9.83. The van der Waals surface area contributed by atoms with Crippen LogP contribution in [0.3, 0.4) is 0 Å². The fraction of sp³-hybridized carbons (Fsp3) is 0.278. The number of anilines is 2. The highest BCUT2D eigenvalue weighted by Gasteiger charge is 2.35. The van der Waals surface area contributed by atoms with Gasteiger partial charge in [-0.3, -0.25) is 9.80 Å². The Bertz CT molecular complexity index is 1520. The van der Waals surface area contributed by atoms with Crippen LogP contribution in [-0.4, -0.2) is 41.1 Å². The highest BCUT2D eigenvalue weighted by Crippen LogP contribution is 2.37. The van der Waals surface area contributed by atoms with Crippen molar-refractivity contribution >= 4 is 40.1 Å². The van der Waals surface area contributed by atoms with E-state index in [4.69, 9.17) is 34.7 Å². The second kappa shape index (κ2) is 14.4. The molecule has 5 N–H and O–H groups in total. The molecule has 2 aliphatic heterocycles. The maximum absolute atomic E-state index is 11.0. The maximum Gasteiger partial charge on any atom is 0.0941 e. The molecule has 1 fully saturated rings. The standard InChI is InChI=1S/C18H21ClN2O.C18H19ClN2/c19-15-6-7-17(20)16(12-15)18(22)8-10-21(11-9-18)13-14-4-2-1-3-5-14;19-16-6-7-18(20)17(12-16)15-8-10-21(11-9-15)13-14-4-2-1-3-5-14/h1-7,12,22H,8-11,13,20H2;1-8,12H,9-11,13,20H2. The predicted molar refractivity (Wildman–Crippen MR) is 181 cm³/mol. The van der Waals surface area contributed by atoms with Gasteiger partial charge >= 0.3 is 0 Å². The Morgan fingerprint density at radius 3 is 1.81 bits per heavy atom. The van der Waals surface area contributed by atoms with Crippen molar-refractivity contribution in [1.29, 1.82) is 0 Å². The molecule has 224 valence electrons. The fourth-order valence-corrected chi connectivity index (χ4v) is 6.22.